The molecular weight excluding hydrogens is 220 g/mol. The van der Waals surface area contributed by atoms with Crippen LogP contribution in [0.5, 0.6) is 0 Å². The van der Waals surface area contributed by atoms with Crippen LogP contribution in [-0.2, 0) is 4.79 Å². The molecule has 0 aliphatic heterocycles. The van der Waals surface area contributed by atoms with E-state index in [9.17, 15) is 4.79 Å². The Hall–Kier alpha value is -2.16. The van der Waals surface area contributed by atoms with Crippen LogP contribution in [0, 0.1) is 11.3 Å². The van der Waals surface area contributed by atoms with Crippen LogP contribution < -0.4 is 4.90 Å². The Balaban J connectivity index is 3.23. The molecule has 1 rings (SSSR count). The van der Waals surface area contributed by atoms with Gasteiger partial charge < -0.3 is 10.0 Å². The maximum atomic E-state index is 10.9. The van der Waals surface area contributed by atoms with Gasteiger partial charge in [0.1, 0.15) is 12.6 Å². The monoisotopic (exact) mass is 234 g/mol. The van der Waals surface area contributed by atoms with Crippen LogP contribution in [-0.4, -0.2) is 33.4 Å². The summed E-state index contributed by atoms with van der Waals surface area (Å²) >= 11 is 0. The van der Waals surface area contributed by atoms with Crippen LogP contribution in [0.1, 0.15) is 26.3 Å². The van der Waals surface area contributed by atoms with Crippen molar-refractivity contribution in [3.05, 3.63) is 17.8 Å². The molecule has 17 heavy (non-hydrogen) atoms. The lowest BCUT2D eigenvalue weighted by Crippen LogP contribution is -2.45. The molecule has 0 aliphatic rings. The van der Waals surface area contributed by atoms with Crippen molar-refractivity contribution in [1.82, 2.24) is 10.2 Å². The number of nitrogens with zero attached hydrogens (tertiary/aromatic N) is 4. The van der Waals surface area contributed by atoms with Gasteiger partial charge in [0.2, 0.25) is 0 Å². The maximum absolute atomic E-state index is 10.9. The molecule has 6 heteroatoms. The quantitative estimate of drug-likeness (QED) is 0.840. The lowest BCUT2D eigenvalue weighted by atomic mass is 10.1. The number of aliphatic carboxylic acids is 1. The largest absolute Gasteiger partial charge is 0.480 e. The summed E-state index contributed by atoms with van der Waals surface area (Å²) in [6.45, 7) is 5.33. The Bertz CT molecular complexity index is 459. The highest BCUT2D eigenvalue weighted by Gasteiger charge is 2.27. The van der Waals surface area contributed by atoms with E-state index in [0.29, 0.717) is 11.4 Å². The summed E-state index contributed by atoms with van der Waals surface area (Å²) in [6, 6.07) is 3.50. The van der Waals surface area contributed by atoms with Crippen LogP contribution in [0.15, 0.2) is 12.3 Å². The van der Waals surface area contributed by atoms with E-state index in [4.69, 9.17) is 10.4 Å². The molecule has 0 bridgehead atoms. The molecule has 0 aromatic carbocycles. The van der Waals surface area contributed by atoms with Crippen molar-refractivity contribution in [3.8, 4) is 6.07 Å². The Kier molecular flexibility index (Phi) is 3.63. The molecule has 1 N–H and O–H groups in total. The second-order valence-electron chi connectivity index (χ2n) is 4.53. The number of anilines is 1. The van der Waals surface area contributed by atoms with Gasteiger partial charge in [0.15, 0.2) is 5.82 Å². The van der Waals surface area contributed by atoms with Crippen molar-refractivity contribution in [2.75, 3.05) is 11.4 Å². The molecule has 1 aromatic rings. The third kappa shape index (κ3) is 3.14. The molecule has 0 unspecified atom stereocenters. The van der Waals surface area contributed by atoms with Gasteiger partial charge in [0, 0.05) is 5.54 Å². The topological polar surface area (TPSA) is 90.1 Å². The van der Waals surface area contributed by atoms with E-state index in [-0.39, 0.29) is 6.54 Å². The van der Waals surface area contributed by atoms with Crippen LogP contribution in [0.2, 0.25) is 0 Å². The molecule has 0 radical (unpaired) electrons. The van der Waals surface area contributed by atoms with Gasteiger partial charge in [0.25, 0.3) is 0 Å². The minimum atomic E-state index is -0.977. The first-order chi connectivity index (χ1) is 7.86. The van der Waals surface area contributed by atoms with E-state index >= 15 is 0 Å². The number of aromatic nitrogens is 2. The Morgan fingerprint density at radius 3 is 2.71 bits per heavy atom. The van der Waals surface area contributed by atoms with Crippen LogP contribution >= 0.6 is 0 Å². The van der Waals surface area contributed by atoms with Gasteiger partial charge in [-0.15, -0.1) is 5.10 Å². The van der Waals surface area contributed by atoms with Gasteiger partial charge in [-0.3, -0.25) is 4.79 Å². The first-order valence-corrected chi connectivity index (χ1v) is 5.07. The van der Waals surface area contributed by atoms with E-state index in [2.05, 4.69) is 10.2 Å². The number of nitriles is 1. The zero-order valence-electron chi connectivity index (χ0n) is 10.0. The van der Waals surface area contributed by atoms with Crippen LogP contribution in [0.3, 0.4) is 0 Å². The van der Waals surface area contributed by atoms with Gasteiger partial charge in [-0.05, 0) is 26.8 Å². The molecule has 6 nitrogen and oxygen atoms in total. The van der Waals surface area contributed by atoms with E-state index < -0.39 is 11.5 Å². The second kappa shape index (κ2) is 4.78. The van der Waals surface area contributed by atoms with Gasteiger partial charge in [0.05, 0.1) is 11.8 Å². The van der Waals surface area contributed by atoms with Crippen molar-refractivity contribution in [1.29, 1.82) is 5.26 Å². The van der Waals surface area contributed by atoms with Gasteiger partial charge in [-0.25, -0.2) is 0 Å². The summed E-state index contributed by atoms with van der Waals surface area (Å²) in [4.78, 5) is 12.4. The minimum Gasteiger partial charge on any atom is -0.480 e. The smallest absolute Gasteiger partial charge is 0.323 e. The Labute approximate surface area is 99.5 Å². The molecule has 0 amide bonds. The summed E-state index contributed by atoms with van der Waals surface area (Å²) < 4.78 is 0. The molecule has 0 aliphatic carbocycles. The molecule has 0 saturated heterocycles. The number of hydrogen-bond acceptors (Lipinski definition) is 5. The number of carbonyl (C=O) groups is 1. The molecule has 1 heterocycles. The number of hydrogen-bond donors (Lipinski definition) is 1. The van der Waals surface area contributed by atoms with Crippen LogP contribution in [0.4, 0.5) is 5.82 Å². The maximum Gasteiger partial charge on any atom is 0.323 e. The lowest BCUT2D eigenvalue weighted by molar-refractivity contribution is -0.135. The molecule has 0 saturated carbocycles. The van der Waals surface area contributed by atoms with Crippen molar-refractivity contribution in [3.63, 3.8) is 0 Å². The van der Waals surface area contributed by atoms with E-state index in [1.54, 1.807) is 4.90 Å². The van der Waals surface area contributed by atoms with Crippen molar-refractivity contribution in [2.24, 2.45) is 0 Å². The number of rotatable bonds is 3. The Morgan fingerprint density at radius 1 is 1.59 bits per heavy atom. The highest BCUT2D eigenvalue weighted by Crippen LogP contribution is 2.23. The molecular formula is C11H14N4O2. The minimum absolute atomic E-state index is 0.225. The fraction of sp³-hybridized carbons (Fsp3) is 0.455. The summed E-state index contributed by atoms with van der Waals surface area (Å²) in [5.41, 5.74) is -0.142. The number of carboxylic acids is 1. The highest BCUT2D eigenvalue weighted by atomic mass is 16.4. The average Bonchev–Trinajstić information content (AvgIpc) is 2.24. The molecule has 0 atom stereocenters. The van der Waals surface area contributed by atoms with E-state index in [0.717, 1.165) is 0 Å². The van der Waals surface area contributed by atoms with Gasteiger partial charge in [-0.1, -0.05) is 0 Å². The first-order valence-electron chi connectivity index (χ1n) is 5.07. The van der Waals surface area contributed by atoms with Crippen molar-refractivity contribution in [2.45, 2.75) is 26.3 Å². The molecule has 0 spiro atoms. The van der Waals surface area contributed by atoms with E-state index in [1.165, 1.54) is 12.3 Å². The zero-order valence-corrected chi connectivity index (χ0v) is 10.0. The third-order valence-corrected chi connectivity index (χ3v) is 2.18. The summed E-state index contributed by atoms with van der Waals surface area (Å²) in [7, 11) is 0. The van der Waals surface area contributed by atoms with Crippen LogP contribution in [0.25, 0.3) is 0 Å². The zero-order chi connectivity index (χ0) is 13.1. The first kappa shape index (κ1) is 12.9. The van der Waals surface area contributed by atoms with Crippen molar-refractivity contribution >= 4 is 11.8 Å². The Morgan fingerprint density at radius 2 is 2.24 bits per heavy atom. The number of carboxylic acid groups (broad SMARTS) is 1. The molecule has 0 fully saturated rings. The summed E-state index contributed by atoms with van der Waals surface area (Å²) in [5.74, 6) is -0.681. The van der Waals surface area contributed by atoms with Gasteiger partial charge >= 0.3 is 5.97 Å². The fourth-order valence-corrected chi connectivity index (χ4v) is 1.38. The van der Waals surface area contributed by atoms with Crippen molar-refractivity contribution < 1.29 is 9.90 Å². The summed E-state index contributed by atoms with van der Waals surface area (Å²) in [6.07, 6.45) is 1.41. The SMILES string of the molecule is CC(C)(C)N(CC(=O)O)c1nnccc1C#N. The second-order valence-corrected chi connectivity index (χ2v) is 4.53. The standard InChI is InChI=1S/C11H14N4O2/c1-11(2,3)15(7-9(16)17)10-8(6-12)4-5-13-14-10/h4-5H,7H2,1-3H3,(H,16,17). The predicted molar refractivity (Wildman–Crippen MR) is 61.5 cm³/mol. The third-order valence-electron chi connectivity index (χ3n) is 2.18. The van der Waals surface area contributed by atoms with Gasteiger partial charge in [-0.2, -0.15) is 10.4 Å². The van der Waals surface area contributed by atoms with E-state index in [1.807, 2.05) is 26.8 Å². The predicted octanol–water partition coefficient (Wildman–Crippen LogP) is 1.04. The average molecular weight is 234 g/mol. The molecule has 1 aromatic heterocycles. The lowest BCUT2D eigenvalue weighted by Gasteiger charge is -2.35. The highest BCUT2D eigenvalue weighted by molar-refractivity contribution is 5.74. The normalized spacial score (nSPS) is 10.7. The molecule has 90 valence electrons. The fourth-order valence-electron chi connectivity index (χ4n) is 1.38. The summed E-state index contributed by atoms with van der Waals surface area (Å²) in [5, 5.41) is 25.4.